The number of benzene rings is 1. The Balaban J connectivity index is 1.63. The first kappa shape index (κ1) is 24.3. The fourth-order valence-electron chi connectivity index (χ4n) is 4.02. The van der Waals surface area contributed by atoms with Gasteiger partial charge in [0.1, 0.15) is 17.2 Å². The van der Waals surface area contributed by atoms with Crippen LogP contribution in [0.3, 0.4) is 0 Å². The summed E-state index contributed by atoms with van der Waals surface area (Å²) < 4.78 is 27.1. The fourth-order valence-corrected chi connectivity index (χ4v) is 4.30. The summed E-state index contributed by atoms with van der Waals surface area (Å²) in [5.41, 5.74) is 7.48. The zero-order chi connectivity index (χ0) is 25.4. The lowest BCUT2D eigenvalue weighted by Gasteiger charge is -2.28. The maximum atomic E-state index is 14.3. The fraction of sp³-hybridized carbons (Fsp3) is 0.280. The molecule has 0 atom stereocenters. The molecule has 3 aromatic heterocycles. The van der Waals surface area contributed by atoms with E-state index in [-0.39, 0.29) is 28.9 Å². The molecular formula is C25H24ClFN6O3. The third-order valence-electron chi connectivity index (χ3n) is 5.83. The number of nitrogens with zero attached hydrogens (tertiary/aromatic N) is 5. The number of anilines is 1. The van der Waals surface area contributed by atoms with Crippen molar-refractivity contribution >= 4 is 28.6 Å². The van der Waals surface area contributed by atoms with Gasteiger partial charge in [-0.05, 0) is 24.3 Å². The van der Waals surface area contributed by atoms with Crippen molar-refractivity contribution in [3.8, 4) is 22.4 Å². The lowest BCUT2D eigenvalue weighted by atomic mass is 10.0. The summed E-state index contributed by atoms with van der Waals surface area (Å²) in [5, 5.41) is 0.918. The Hall–Kier alpha value is -3.44. The Morgan fingerprint density at radius 3 is 2.64 bits per heavy atom. The molecule has 0 bridgehead atoms. The highest BCUT2D eigenvalue weighted by Gasteiger charge is 2.23. The van der Waals surface area contributed by atoms with E-state index < -0.39 is 12.1 Å². The summed E-state index contributed by atoms with van der Waals surface area (Å²) >= 11 is 6.62. The molecule has 1 fully saturated rings. The van der Waals surface area contributed by atoms with Gasteiger partial charge in [-0.3, -0.25) is 14.3 Å². The Kier molecular flexibility index (Phi) is 6.67. The Morgan fingerprint density at radius 1 is 1.17 bits per heavy atom. The predicted molar refractivity (Wildman–Crippen MR) is 135 cm³/mol. The number of nitrogens with two attached hydrogens (primary N) is 1. The molecule has 0 aliphatic carbocycles. The first-order valence-corrected chi connectivity index (χ1v) is 11.7. The van der Waals surface area contributed by atoms with Gasteiger partial charge < -0.3 is 20.1 Å². The van der Waals surface area contributed by atoms with Crippen LogP contribution in [0.4, 0.5) is 10.3 Å². The number of halogens is 2. The lowest BCUT2D eigenvalue weighted by molar-refractivity contribution is -0.191. The smallest absolute Gasteiger partial charge is 0.260 e. The van der Waals surface area contributed by atoms with Crippen molar-refractivity contribution < 1.29 is 13.9 Å². The minimum Gasteiger partial charge on any atom is -0.349 e. The number of fused-ring (bicyclic) bond motifs is 1. The molecule has 4 aromatic rings. The summed E-state index contributed by atoms with van der Waals surface area (Å²) in [6, 6.07) is 9.29. The lowest BCUT2D eigenvalue weighted by Crippen LogP contribution is -2.43. The van der Waals surface area contributed by atoms with E-state index in [2.05, 4.69) is 15.0 Å². The second-order valence-corrected chi connectivity index (χ2v) is 9.11. The van der Waals surface area contributed by atoms with Crippen LogP contribution in [0.15, 0.2) is 53.6 Å². The summed E-state index contributed by atoms with van der Waals surface area (Å²) in [6.45, 7) is 0.757. The van der Waals surface area contributed by atoms with Crippen LogP contribution < -0.4 is 16.2 Å². The summed E-state index contributed by atoms with van der Waals surface area (Å²) in [6.07, 6.45) is 2.50. The molecule has 2 N–H and O–H groups in total. The maximum Gasteiger partial charge on any atom is 0.260 e. The molecule has 1 saturated heterocycles. The summed E-state index contributed by atoms with van der Waals surface area (Å²) in [4.78, 5) is 28.6. The second-order valence-electron chi connectivity index (χ2n) is 8.70. The van der Waals surface area contributed by atoms with Crippen LogP contribution in [0, 0.1) is 5.82 Å². The van der Waals surface area contributed by atoms with Crippen molar-refractivity contribution in [1.29, 1.82) is 0 Å². The molecule has 4 heterocycles. The molecule has 9 nitrogen and oxygen atoms in total. The average Bonchev–Trinajstić information content (AvgIpc) is 2.87. The monoisotopic (exact) mass is 510 g/mol. The van der Waals surface area contributed by atoms with Crippen LogP contribution in [0.25, 0.3) is 33.4 Å². The first-order valence-electron chi connectivity index (χ1n) is 11.3. The largest absolute Gasteiger partial charge is 0.349 e. The van der Waals surface area contributed by atoms with Gasteiger partial charge in [-0.15, -0.1) is 0 Å². The van der Waals surface area contributed by atoms with E-state index >= 15 is 0 Å². The molecule has 1 aliphatic heterocycles. The van der Waals surface area contributed by atoms with Gasteiger partial charge in [0.2, 0.25) is 5.95 Å². The molecule has 36 heavy (non-hydrogen) atoms. The molecule has 5 rings (SSSR count). The van der Waals surface area contributed by atoms with Gasteiger partial charge in [0.05, 0.1) is 25.8 Å². The van der Waals surface area contributed by atoms with Crippen LogP contribution in [0.2, 0.25) is 5.02 Å². The van der Waals surface area contributed by atoms with Gasteiger partial charge >= 0.3 is 0 Å². The van der Waals surface area contributed by atoms with Gasteiger partial charge in [0, 0.05) is 53.6 Å². The van der Waals surface area contributed by atoms with E-state index in [9.17, 15) is 9.18 Å². The maximum absolute atomic E-state index is 14.3. The Labute approximate surface area is 211 Å². The standard InChI is InChI=1S/C25H24ClFN6O3/c1-32(2)25-30-10-15-8-18(17-6-5-14(9-19(17)26)22-20(27)4-3-7-29-22)24(34)33(23(15)31-25)11-21-35-12-16(28)13-36-21/h3-10,16,21H,11-13,28H2,1-2H3. The number of hydrogen-bond acceptors (Lipinski definition) is 8. The summed E-state index contributed by atoms with van der Waals surface area (Å²) in [7, 11) is 3.64. The zero-order valence-corrected chi connectivity index (χ0v) is 20.4. The van der Waals surface area contributed by atoms with Crippen molar-refractivity contribution in [1.82, 2.24) is 19.5 Å². The highest BCUT2D eigenvalue weighted by molar-refractivity contribution is 6.33. The van der Waals surface area contributed by atoms with E-state index in [0.29, 0.717) is 46.9 Å². The van der Waals surface area contributed by atoms with Crippen LogP contribution in [-0.2, 0) is 16.0 Å². The Bertz CT molecular complexity index is 1490. The number of ether oxygens (including phenoxy) is 2. The van der Waals surface area contributed by atoms with Crippen molar-refractivity contribution in [2.45, 2.75) is 18.9 Å². The SMILES string of the molecule is CN(C)c1ncc2cc(-c3ccc(-c4ncccc4F)cc3Cl)c(=O)n(CC3OCC(N)CO3)c2n1. The number of pyridine rings is 2. The van der Waals surface area contributed by atoms with Crippen LogP contribution in [0.5, 0.6) is 0 Å². The molecule has 0 amide bonds. The van der Waals surface area contributed by atoms with E-state index in [0.717, 1.165) is 0 Å². The van der Waals surface area contributed by atoms with Crippen molar-refractivity contribution in [3.05, 3.63) is 70.0 Å². The van der Waals surface area contributed by atoms with Gasteiger partial charge in [-0.25, -0.2) is 9.37 Å². The Morgan fingerprint density at radius 2 is 1.94 bits per heavy atom. The van der Waals surface area contributed by atoms with Gasteiger partial charge in [0.15, 0.2) is 6.29 Å². The van der Waals surface area contributed by atoms with Crippen LogP contribution >= 0.6 is 11.6 Å². The minimum absolute atomic E-state index is 0.106. The third-order valence-corrected chi connectivity index (χ3v) is 6.14. The quantitative estimate of drug-likeness (QED) is 0.436. The summed E-state index contributed by atoms with van der Waals surface area (Å²) in [5.74, 6) is -0.00824. The highest BCUT2D eigenvalue weighted by Crippen LogP contribution is 2.32. The number of rotatable bonds is 5. The van der Waals surface area contributed by atoms with Crippen molar-refractivity contribution in [2.75, 3.05) is 32.2 Å². The van der Waals surface area contributed by atoms with E-state index in [1.54, 1.807) is 35.4 Å². The molecular weight excluding hydrogens is 487 g/mol. The molecule has 11 heteroatoms. The van der Waals surface area contributed by atoms with E-state index in [1.807, 2.05) is 14.1 Å². The number of aromatic nitrogens is 4. The van der Waals surface area contributed by atoms with Crippen molar-refractivity contribution in [3.63, 3.8) is 0 Å². The topological polar surface area (TPSA) is 108 Å². The van der Waals surface area contributed by atoms with E-state index in [1.165, 1.54) is 22.9 Å². The normalized spacial score (nSPS) is 17.9. The first-order chi connectivity index (χ1) is 17.3. The predicted octanol–water partition coefficient (Wildman–Crippen LogP) is 3.08. The minimum atomic E-state index is -0.663. The van der Waals surface area contributed by atoms with E-state index in [4.69, 9.17) is 26.8 Å². The highest BCUT2D eigenvalue weighted by atomic mass is 35.5. The molecule has 0 unspecified atom stereocenters. The zero-order valence-electron chi connectivity index (χ0n) is 19.7. The molecule has 0 saturated carbocycles. The van der Waals surface area contributed by atoms with Crippen molar-refractivity contribution in [2.24, 2.45) is 5.73 Å². The van der Waals surface area contributed by atoms with Gasteiger partial charge in [-0.1, -0.05) is 23.7 Å². The second kappa shape index (κ2) is 9.90. The molecule has 0 spiro atoms. The average molecular weight is 511 g/mol. The van der Waals surface area contributed by atoms with Crippen LogP contribution in [-0.4, -0.2) is 59.2 Å². The number of hydrogen-bond donors (Lipinski definition) is 1. The molecule has 0 radical (unpaired) electrons. The van der Waals surface area contributed by atoms with Gasteiger partial charge in [0.25, 0.3) is 5.56 Å². The molecule has 1 aromatic carbocycles. The van der Waals surface area contributed by atoms with Crippen LogP contribution in [0.1, 0.15) is 0 Å². The third kappa shape index (κ3) is 4.68. The molecule has 1 aliphatic rings. The molecule has 186 valence electrons. The van der Waals surface area contributed by atoms with Gasteiger partial charge in [-0.2, -0.15) is 4.98 Å².